The predicted octanol–water partition coefficient (Wildman–Crippen LogP) is 1.22. The van der Waals surface area contributed by atoms with E-state index in [2.05, 4.69) is 21.7 Å². The monoisotopic (exact) mass is 201 g/mol. The number of hydrogen-bond acceptors (Lipinski definition) is 5. The van der Waals surface area contributed by atoms with E-state index in [1.54, 1.807) is 0 Å². The van der Waals surface area contributed by atoms with Gasteiger partial charge in [-0.2, -0.15) is 16.7 Å². The first-order chi connectivity index (χ1) is 6.33. The van der Waals surface area contributed by atoms with Gasteiger partial charge in [0.15, 0.2) is 5.82 Å². The molecular weight excluding hydrogens is 186 g/mol. The van der Waals surface area contributed by atoms with Crippen molar-refractivity contribution in [3.8, 4) is 0 Å². The molecule has 0 bridgehead atoms. The zero-order valence-corrected chi connectivity index (χ0v) is 8.86. The van der Waals surface area contributed by atoms with Gasteiger partial charge in [0.1, 0.15) is 0 Å². The minimum Gasteiger partial charge on any atom is -0.338 e. The molecule has 1 aromatic heterocycles. The van der Waals surface area contributed by atoms with Gasteiger partial charge in [0.25, 0.3) is 0 Å². The fourth-order valence-corrected chi connectivity index (χ4v) is 1.38. The summed E-state index contributed by atoms with van der Waals surface area (Å²) >= 11 is 1.86. The van der Waals surface area contributed by atoms with Crippen LogP contribution in [0.4, 0.5) is 0 Å². The van der Waals surface area contributed by atoms with Crippen LogP contribution in [-0.2, 0) is 6.54 Å². The SMILES string of the molecule is CSCCCNCc1nc(C)no1. The van der Waals surface area contributed by atoms with Crippen molar-refractivity contribution in [1.82, 2.24) is 15.5 Å². The standard InChI is InChI=1S/C8H15N3OS/c1-7-10-8(12-11-7)6-9-4-3-5-13-2/h9H,3-6H2,1-2H3. The zero-order valence-electron chi connectivity index (χ0n) is 8.04. The molecule has 4 nitrogen and oxygen atoms in total. The molecule has 0 amide bonds. The van der Waals surface area contributed by atoms with E-state index in [9.17, 15) is 0 Å². The van der Waals surface area contributed by atoms with Crippen LogP contribution in [-0.4, -0.2) is 28.7 Å². The molecule has 0 saturated heterocycles. The van der Waals surface area contributed by atoms with E-state index in [-0.39, 0.29) is 0 Å². The second-order valence-corrected chi connectivity index (χ2v) is 3.74. The third kappa shape index (κ3) is 4.28. The molecule has 0 aliphatic carbocycles. The van der Waals surface area contributed by atoms with Crippen LogP contribution in [0.5, 0.6) is 0 Å². The van der Waals surface area contributed by atoms with Crippen LogP contribution >= 0.6 is 11.8 Å². The number of aryl methyl sites for hydroxylation is 1. The van der Waals surface area contributed by atoms with Gasteiger partial charge in [-0.05, 0) is 31.9 Å². The lowest BCUT2D eigenvalue weighted by molar-refractivity contribution is 0.364. The molecule has 1 N–H and O–H groups in total. The maximum Gasteiger partial charge on any atom is 0.240 e. The number of thioether (sulfide) groups is 1. The largest absolute Gasteiger partial charge is 0.338 e. The lowest BCUT2D eigenvalue weighted by Crippen LogP contribution is -2.15. The van der Waals surface area contributed by atoms with Crippen LogP contribution in [0.25, 0.3) is 0 Å². The first-order valence-electron chi connectivity index (χ1n) is 4.32. The van der Waals surface area contributed by atoms with Crippen LogP contribution in [0.3, 0.4) is 0 Å². The van der Waals surface area contributed by atoms with Gasteiger partial charge < -0.3 is 9.84 Å². The smallest absolute Gasteiger partial charge is 0.240 e. The molecule has 0 aliphatic heterocycles. The van der Waals surface area contributed by atoms with E-state index in [0.29, 0.717) is 18.3 Å². The Hall–Kier alpha value is -0.550. The molecule has 1 heterocycles. The predicted molar refractivity (Wildman–Crippen MR) is 53.7 cm³/mol. The summed E-state index contributed by atoms with van der Waals surface area (Å²) in [6.45, 7) is 3.50. The third-order valence-corrected chi connectivity index (χ3v) is 2.24. The summed E-state index contributed by atoms with van der Waals surface area (Å²) in [6.07, 6.45) is 3.29. The quantitative estimate of drug-likeness (QED) is 0.701. The molecule has 13 heavy (non-hydrogen) atoms. The molecule has 74 valence electrons. The van der Waals surface area contributed by atoms with Gasteiger partial charge in [0, 0.05) is 0 Å². The third-order valence-electron chi connectivity index (χ3n) is 1.55. The van der Waals surface area contributed by atoms with Crippen molar-refractivity contribution in [1.29, 1.82) is 0 Å². The molecule has 0 aromatic carbocycles. The number of nitrogens with one attached hydrogen (secondary N) is 1. The van der Waals surface area contributed by atoms with Crippen molar-refractivity contribution in [2.45, 2.75) is 19.9 Å². The number of aromatic nitrogens is 2. The molecule has 0 radical (unpaired) electrons. The molecule has 0 atom stereocenters. The average Bonchev–Trinajstić information content (AvgIpc) is 2.51. The molecule has 1 aromatic rings. The number of rotatable bonds is 6. The lowest BCUT2D eigenvalue weighted by atomic mass is 10.4. The summed E-state index contributed by atoms with van der Waals surface area (Å²) in [5, 5.41) is 6.94. The minimum atomic E-state index is 0.668. The topological polar surface area (TPSA) is 51.0 Å². The van der Waals surface area contributed by atoms with Crippen molar-refractivity contribution in [2.75, 3.05) is 18.6 Å². The van der Waals surface area contributed by atoms with Gasteiger partial charge in [-0.1, -0.05) is 5.16 Å². The number of hydrogen-bond donors (Lipinski definition) is 1. The second-order valence-electron chi connectivity index (χ2n) is 2.76. The highest BCUT2D eigenvalue weighted by molar-refractivity contribution is 7.98. The van der Waals surface area contributed by atoms with E-state index in [1.165, 1.54) is 12.2 Å². The summed E-state index contributed by atoms with van der Waals surface area (Å²) in [5.74, 6) is 2.55. The molecular formula is C8H15N3OS. The Morgan fingerprint density at radius 3 is 3.00 bits per heavy atom. The Morgan fingerprint density at radius 1 is 1.54 bits per heavy atom. The lowest BCUT2D eigenvalue weighted by Gasteiger charge is -1.99. The van der Waals surface area contributed by atoms with Crippen molar-refractivity contribution < 1.29 is 4.52 Å². The van der Waals surface area contributed by atoms with Crippen LogP contribution in [0.2, 0.25) is 0 Å². The number of nitrogens with zero attached hydrogens (tertiary/aromatic N) is 2. The average molecular weight is 201 g/mol. The summed E-state index contributed by atoms with van der Waals surface area (Å²) in [6, 6.07) is 0. The van der Waals surface area contributed by atoms with E-state index in [0.717, 1.165) is 6.54 Å². The van der Waals surface area contributed by atoms with E-state index >= 15 is 0 Å². The maximum atomic E-state index is 4.94. The first kappa shape index (κ1) is 10.5. The summed E-state index contributed by atoms with van der Waals surface area (Å²) in [4.78, 5) is 4.08. The minimum absolute atomic E-state index is 0.668. The highest BCUT2D eigenvalue weighted by Crippen LogP contribution is 1.96. The highest BCUT2D eigenvalue weighted by atomic mass is 32.2. The highest BCUT2D eigenvalue weighted by Gasteiger charge is 2.00. The van der Waals surface area contributed by atoms with Gasteiger partial charge in [-0.25, -0.2) is 0 Å². The van der Waals surface area contributed by atoms with Crippen LogP contribution in [0.15, 0.2) is 4.52 Å². The first-order valence-corrected chi connectivity index (χ1v) is 5.71. The van der Waals surface area contributed by atoms with E-state index in [1.807, 2.05) is 18.7 Å². The van der Waals surface area contributed by atoms with Crippen molar-refractivity contribution in [3.05, 3.63) is 11.7 Å². The Kier molecular flexibility index (Phi) is 4.85. The van der Waals surface area contributed by atoms with Gasteiger partial charge >= 0.3 is 0 Å². The van der Waals surface area contributed by atoms with Crippen LogP contribution in [0, 0.1) is 6.92 Å². The fourth-order valence-electron chi connectivity index (χ4n) is 0.949. The van der Waals surface area contributed by atoms with E-state index < -0.39 is 0 Å². The Bertz CT molecular complexity index is 239. The fraction of sp³-hybridized carbons (Fsp3) is 0.750. The van der Waals surface area contributed by atoms with E-state index in [4.69, 9.17) is 4.52 Å². The molecule has 0 fully saturated rings. The molecule has 1 rings (SSSR count). The Morgan fingerprint density at radius 2 is 2.38 bits per heavy atom. The molecule has 0 aliphatic rings. The summed E-state index contributed by atoms with van der Waals surface area (Å²) in [7, 11) is 0. The summed E-state index contributed by atoms with van der Waals surface area (Å²) in [5.41, 5.74) is 0. The van der Waals surface area contributed by atoms with Gasteiger partial charge in [-0.3, -0.25) is 0 Å². The Balaban J connectivity index is 2.06. The van der Waals surface area contributed by atoms with Crippen molar-refractivity contribution >= 4 is 11.8 Å². The van der Waals surface area contributed by atoms with Crippen LogP contribution in [0.1, 0.15) is 18.1 Å². The van der Waals surface area contributed by atoms with Gasteiger partial charge in [-0.15, -0.1) is 0 Å². The molecule has 0 spiro atoms. The van der Waals surface area contributed by atoms with Crippen molar-refractivity contribution in [3.63, 3.8) is 0 Å². The Labute approximate surface area is 82.5 Å². The maximum absolute atomic E-state index is 4.94. The van der Waals surface area contributed by atoms with Gasteiger partial charge in [0.2, 0.25) is 5.89 Å². The molecule has 5 heteroatoms. The van der Waals surface area contributed by atoms with Gasteiger partial charge in [0.05, 0.1) is 6.54 Å². The summed E-state index contributed by atoms with van der Waals surface area (Å²) < 4.78 is 4.94. The zero-order chi connectivity index (χ0) is 9.52. The normalized spacial score (nSPS) is 10.6. The second kappa shape index (κ2) is 5.99. The molecule has 0 unspecified atom stereocenters. The van der Waals surface area contributed by atoms with Crippen LogP contribution < -0.4 is 5.32 Å². The molecule has 0 saturated carbocycles. The van der Waals surface area contributed by atoms with Crippen molar-refractivity contribution in [2.24, 2.45) is 0 Å².